The zero-order chi connectivity index (χ0) is 14.5. The van der Waals surface area contributed by atoms with Gasteiger partial charge in [-0.1, -0.05) is 30.3 Å². The smallest absolute Gasteiger partial charge is 0.303 e. The third-order valence-corrected chi connectivity index (χ3v) is 3.38. The number of aliphatic imine (C=N–C) groups is 1. The van der Waals surface area contributed by atoms with Gasteiger partial charge in [0, 0.05) is 18.2 Å². The molecular weight excluding hydrogens is 254 g/mol. The summed E-state index contributed by atoms with van der Waals surface area (Å²) in [6.07, 6.45) is 1.88. The standard InChI is InChI=1S/C16H19NO3/c1-11-7-6-10-14(17-11)16(20-12(2)18)15(19)13-8-4-3-5-9-13/h3-5,8-9,14,16H,6-7,10H2,1-2H3/t14-,16-/m1/s1. The Balaban J connectivity index is 2.25. The van der Waals surface area contributed by atoms with Crippen molar-refractivity contribution < 1.29 is 14.3 Å². The minimum atomic E-state index is -0.815. The molecule has 1 aromatic rings. The minimum Gasteiger partial charge on any atom is -0.452 e. The Morgan fingerprint density at radius 3 is 2.60 bits per heavy atom. The lowest BCUT2D eigenvalue weighted by molar-refractivity contribution is -0.145. The molecular formula is C16H19NO3. The van der Waals surface area contributed by atoms with E-state index in [1.165, 1.54) is 6.92 Å². The average Bonchev–Trinajstić information content (AvgIpc) is 2.45. The molecule has 4 nitrogen and oxygen atoms in total. The summed E-state index contributed by atoms with van der Waals surface area (Å²) in [6, 6.07) is 8.65. The molecule has 0 radical (unpaired) electrons. The van der Waals surface area contributed by atoms with Crippen LogP contribution in [0.25, 0.3) is 0 Å². The fourth-order valence-corrected chi connectivity index (χ4v) is 2.45. The lowest BCUT2D eigenvalue weighted by Crippen LogP contribution is -2.38. The molecule has 1 aliphatic rings. The summed E-state index contributed by atoms with van der Waals surface area (Å²) in [5.74, 6) is -0.623. The Hall–Kier alpha value is -1.97. The molecule has 20 heavy (non-hydrogen) atoms. The molecule has 0 unspecified atom stereocenters. The van der Waals surface area contributed by atoms with Crippen molar-refractivity contribution >= 4 is 17.5 Å². The Labute approximate surface area is 118 Å². The van der Waals surface area contributed by atoms with Crippen molar-refractivity contribution in [2.45, 2.75) is 45.3 Å². The van der Waals surface area contributed by atoms with Crippen LogP contribution in [0.3, 0.4) is 0 Å². The van der Waals surface area contributed by atoms with E-state index >= 15 is 0 Å². The van der Waals surface area contributed by atoms with Crippen molar-refractivity contribution in [2.24, 2.45) is 4.99 Å². The number of rotatable bonds is 4. The summed E-state index contributed by atoms with van der Waals surface area (Å²) in [7, 11) is 0. The number of carbonyl (C=O) groups is 2. The number of hydrogen-bond acceptors (Lipinski definition) is 4. The van der Waals surface area contributed by atoms with E-state index in [2.05, 4.69) is 4.99 Å². The molecule has 0 spiro atoms. The third-order valence-electron chi connectivity index (χ3n) is 3.38. The lowest BCUT2D eigenvalue weighted by atomic mass is 9.94. The highest BCUT2D eigenvalue weighted by Crippen LogP contribution is 2.21. The highest BCUT2D eigenvalue weighted by atomic mass is 16.5. The Bertz CT molecular complexity index is 522. The molecule has 0 bridgehead atoms. The van der Waals surface area contributed by atoms with Gasteiger partial charge in [0.2, 0.25) is 5.78 Å². The number of esters is 1. The number of Topliss-reactive ketones (excluding diaryl/α,β-unsaturated/α-hetero) is 1. The molecule has 1 aliphatic heterocycles. The maximum Gasteiger partial charge on any atom is 0.303 e. The van der Waals surface area contributed by atoms with Crippen molar-refractivity contribution in [1.82, 2.24) is 0 Å². The number of benzene rings is 1. The number of hydrogen-bond donors (Lipinski definition) is 0. The van der Waals surface area contributed by atoms with Crippen molar-refractivity contribution in [3.05, 3.63) is 35.9 Å². The Morgan fingerprint density at radius 2 is 2.00 bits per heavy atom. The maximum atomic E-state index is 12.5. The van der Waals surface area contributed by atoms with Crippen LogP contribution in [-0.4, -0.2) is 29.6 Å². The second kappa shape index (κ2) is 6.46. The predicted octanol–water partition coefficient (Wildman–Crippen LogP) is 2.81. The van der Waals surface area contributed by atoms with Crippen LogP contribution in [-0.2, 0) is 9.53 Å². The quantitative estimate of drug-likeness (QED) is 0.626. The van der Waals surface area contributed by atoms with Crippen LogP contribution >= 0.6 is 0 Å². The topological polar surface area (TPSA) is 55.7 Å². The number of ketones is 1. The van der Waals surface area contributed by atoms with Gasteiger partial charge in [-0.25, -0.2) is 0 Å². The zero-order valence-corrected chi connectivity index (χ0v) is 11.8. The van der Waals surface area contributed by atoms with E-state index in [-0.39, 0.29) is 11.8 Å². The van der Waals surface area contributed by atoms with Gasteiger partial charge in [0.1, 0.15) is 0 Å². The molecule has 0 fully saturated rings. The first-order valence-electron chi connectivity index (χ1n) is 6.87. The fourth-order valence-electron chi connectivity index (χ4n) is 2.45. The molecule has 0 amide bonds. The van der Waals surface area contributed by atoms with Gasteiger partial charge in [-0.2, -0.15) is 0 Å². The zero-order valence-electron chi connectivity index (χ0n) is 11.8. The van der Waals surface area contributed by atoms with Gasteiger partial charge < -0.3 is 4.74 Å². The highest BCUT2D eigenvalue weighted by molar-refractivity contribution is 6.01. The fraction of sp³-hybridized carbons (Fsp3) is 0.438. The predicted molar refractivity (Wildman–Crippen MR) is 77.1 cm³/mol. The van der Waals surface area contributed by atoms with Gasteiger partial charge in [0.25, 0.3) is 0 Å². The van der Waals surface area contributed by atoms with Crippen LogP contribution in [0, 0.1) is 0 Å². The molecule has 0 saturated carbocycles. The summed E-state index contributed by atoms with van der Waals surface area (Å²) in [5.41, 5.74) is 1.57. The molecule has 0 N–H and O–H groups in total. The summed E-state index contributed by atoms with van der Waals surface area (Å²) in [6.45, 7) is 3.27. The van der Waals surface area contributed by atoms with Crippen molar-refractivity contribution in [3.63, 3.8) is 0 Å². The van der Waals surface area contributed by atoms with E-state index in [0.717, 1.165) is 25.0 Å². The molecule has 0 aliphatic carbocycles. The minimum absolute atomic E-state index is 0.177. The molecule has 0 saturated heterocycles. The van der Waals surface area contributed by atoms with Crippen molar-refractivity contribution in [3.8, 4) is 0 Å². The maximum absolute atomic E-state index is 12.5. The third kappa shape index (κ3) is 3.53. The van der Waals surface area contributed by atoms with Crippen LogP contribution < -0.4 is 0 Å². The highest BCUT2D eigenvalue weighted by Gasteiger charge is 2.32. The van der Waals surface area contributed by atoms with Crippen molar-refractivity contribution in [1.29, 1.82) is 0 Å². The van der Waals surface area contributed by atoms with E-state index in [0.29, 0.717) is 5.56 Å². The summed E-state index contributed by atoms with van der Waals surface area (Å²) >= 11 is 0. The largest absolute Gasteiger partial charge is 0.452 e. The van der Waals surface area contributed by atoms with Gasteiger partial charge in [0.15, 0.2) is 6.10 Å². The monoisotopic (exact) mass is 273 g/mol. The number of carbonyl (C=O) groups excluding carboxylic acids is 2. The molecule has 4 heteroatoms. The van der Waals surface area contributed by atoms with E-state index in [1.54, 1.807) is 24.3 Å². The van der Waals surface area contributed by atoms with Crippen LogP contribution in [0.4, 0.5) is 0 Å². The van der Waals surface area contributed by atoms with E-state index in [9.17, 15) is 9.59 Å². The van der Waals surface area contributed by atoms with Gasteiger partial charge >= 0.3 is 5.97 Å². The van der Waals surface area contributed by atoms with Gasteiger partial charge in [-0.15, -0.1) is 0 Å². The van der Waals surface area contributed by atoms with Crippen LogP contribution in [0.2, 0.25) is 0 Å². The van der Waals surface area contributed by atoms with Crippen LogP contribution in [0.1, 0.15) is 43.5 Å². The second-order valence-corrected chi connectivity index (χ2v) is 5.08. The summed E-state index contributed by atoms with van der Waals surface area (Å²) in [5, 5.41) is 0. The average molecular weight is 273 g/mol. The Morgan fingerprint density at radius 1 is 1.30 bits per heavy atom. The van der Waals surface area contributed by atoms with Crippen LogP contribution in [0.5, 0.6) is 0 Å². The molecule has 2 atom stereocenters. The lowest BCUT2D eigenvalue weighted by Gasteiger charge is -2.26. The van der Waals surface area contributed by atoms with Gasteiger partial charge in [-0.05, 0) is 26.2 Å². The molecule has 0 aromatic heterocycles. The van der Waals surface area contributed by atoms with Gasteiger partial charge in [0.05, 0.1) is 6.04 Å². The SMILES string of the molecule is CC(=O)O[C@@H](C(=O)c1ccccc1)[C@H]1CCCC(C)=N1. The first-order valence-corrected chi connectivity index (χ1v) is 6.87. The molecule has 2 rings (SSSR count). The van der Waals surface area contributed by atoms with Gasteiger partial charge in [-0.3, -0.25) is 14.6 Å². The summed E-state index contributed by atoms with van der Waals surface area (Å²) < 4.78 is 5.26. The number of nitrogens with zero attached hydrogens (tertiary/aromatic N) is 1. The first kappa shape index (κ1) is 14.4. The molecule has 106 valence electrons. The second-order valence-electron chi connectivity index (χ2n) is 5.08. The van der Waals surface area contributed by atoms with E-state index in [1.807, 2.05) is 13.0 Å². The first-order chi connectivity index (χ1) is 9.58. The summed E-state index contributed by atoms with van der Waals surface area (Å²) in [4.78, 5) is 28.3. The van der Waals surface area contributed by atoms with E-state index in [4.69, 9.17) is 4.74 Å². The normalized spacial score (nSPS) is 19.9. The molecule has 1 aromatic carbocycles. The Kier molecular flexibility index (Phi) is 4.66. The van der Waals surface area contributed by atoms with Crippen molar-refractivity contribution in [2.75, 3.05) is 0 Å². The van der Waals surface area contributed by atoms with E-state index < -0.39 is 12.1 Å². The number of ether oxygens (including phenoxy) is 1. The molecule has 1 heterocycles. The van der Waals surface area contributed by atoms with Crippen LogP contribution in [0.15, 0.2) is 35.3 Å².